The number of amides is 1. The Balaban J connectivity index is 2.46. The second-order valence-corrected chi connectivity index (χ2v) is 4.37. The van der Waals surface area contributed by atoms with E-state index in [1.54, 1.807) is 0 Å². The summed E-state index contributed by atoms with van der Waals surface area (Å²) < 4.78 is 0. The summed E-state index contributed by atoms with van der Waals surface area (Å²) in [4.78, 5) is 26.4. The van der Waals surface area contributed by atoms with Gasteiger partial charge in [-0.25, -0.2) is 4.79 Å². The highest BCUT2D eigenvalue weighted by atomic mass is 16.4. The van der Waals surface area contributed by atoms with Crippen molar-refractivity contribution >= 4 is 11.9 Å². The number of pyridine rings is 1. The van der Waals surface area contributed by atoms with Gasteiger partial charge < -0.3 is 16.2 Å². The Hall–Kier alpha value is -1.95. The molecule has 104 valence electrons. The fourth-order valence-electron chi connectivity index (χ4n) is 1.68. The molecule has 0 aliphatic rings. The molecule has 4 N–H and O–H groups in total. The van der Waals surface area contributed by atoms with Gasteiger partial charge >= 0.3 is 5.97 Å². The minimum atomic E-state index is -1.01. The Morgan fingerprint density at radius 1 is 1.53 bits per heavy atom. The zero-order valence-corrected chi connectivity index (χ0v) is 10.9. The largest absolute Gasteiger partial charge is 0.478 e. The van der Waals surface area contributed by atoms with Crippen LogP contribution in [-0.2, 0) is 11.3 Å². The fraction of sp³-hybridized carbons (Fsp3) is 0.462. The molecule has 0 bridgehead atoms. The molecule has 1 aromatic heterocycles. The van der Waals surface area contributed by atoms with E-state index in [1.165, 1.54) is 18.3 Å². The van der Waals surface area contributed by atoms with Crippen LogP contribution in [0.1, 0.15) is 42.2 Å². The number of carbonyl (C=O) groups is 2. The van der Waals surface area contributed by atoms with Crippen molar-refractivity contribution in [2.45, 2.75) is 38.8 Å². The van der Waals surface area contributed by atoms with Crippen molar-refractivity contribution in [3.05, 3.63) is 29.6 Å². The van der Waals surface area contributed by atoms with Crippen molar-refractivity contribution < 1.29 is 14.7 Å². The highest BCUT2D eigenvalue weighted by Crippen LogP contribution is 2.02. The minimum absolute atomic E-state index is 0.136. The van der Waals surface area contributed by atoms with E-state index in [9.17, 15) is 9.59 Å². The highest BCUT2D eigenvalue weighted by Gasteiger charge is 2.09. The number of carboxylic acid groups (broad SMARTS) is 1. The predicted molar refractivity (Wildman–Crippen MR) is 70.5 cm³/mol. The SMILES string of the molecule is CCCC(N)CC(=O)NCc1cc(C(=O)O)ccn1. The van der Waals surface area contributed by atoms with Gasteiger partial charge in [-0.1, -0.05) is 13.3 Å². The van der Waals surface area contributed by atoms with Crippen LogP contribution in [0, 0.1) is 0 Å². The van der Waals surface area contributed by atoms with Crippen LogP contribution in [0.2, 0.25) is 0 Å². The summed E-state index contributed by atoms with van der Waals surface area (Å²) in [5.41, 5.74) is 6.43. The first-order chi connectivity index (χ1) is 9.02. The molecule has 1 unspecified atom stereocenters. The van der Waals surface area contributed by atoms with E-state index in [-0.39, 0.29) is 30.5 Å². The van der Waals surface area contributed by atoms with Crippen molar-refractivity contribution in [3.63, 3.8) is 0 Å². The normalized spacial score (nSPS) is 11.9. The number of nitrogens with two attached hydrogens (primary N) is 1. The van der Waals surface area contributed by atoms with Crippen molar-refractivity contribution in [1.29, 1.82) is 0 Å². The molecule has 0 spiro atoms. The number of carboxylic acids is 1. The quantitative estimate of drug-likeness (QED) is 0.679. The first-order valence-electron chi connectivity index (χ1n) is 6.23. The van der Waals surface area contributed by atoms with E-state index in [2.05, 4.69) is 10.3 Å². The molecule has 0 aromatic carbocycles. The maximum atomic E-state index is 11.6. The fourth-order valence-corrected chi connectivity index (χ4v) is 1.68. The van der Waals surface area contributed by atoms with Crippen molar-refractivity contribution in [2.24, 2.45) is 5.73 Å². The lowest BCUT2D eigenvalue weighted by Crippen LogP contribution is -2.31. The molecule has 1 atom stereocenters. The predicted octanol–water partition coefficient (Wildman–Crippen LogP) is 0.913. The molecule has 6 nitrogen and oxygen atoms in total. The van der Waals surface area contributed by atoms with Gasteiger partial charge in [0.25, 0.3) is 0 Å². The zero-order valence-electron chi connectivity index (χ0n) is 10.9. The van der Waals surface area contributed by atoms with Crippen LogP contribution in [0.25, 0.3) is 0 Å². The van der Waals surface area contributed by atoms with Gasteiger partial charge in [-0.2, -0.15) is 0 Å². The number of hydrogen-bond donors (Lipinski definition) is 3. The lowest BCUT2D eigenvalue weighted by atomic mass is 10.1. The molecule has 0 aliphatic carbocycles. The third-order valence-corrected chi connectivity index (χ3v) is 2.64. The number of nitrogens with one attached hydrogen (secondary N) is 1. The standard InChI is InChI=1S/C13H19N3O3/c1-2-3-10(14)7-12(17)16-8-11-6-9(13(18)19)4-5-15-11/h4-6,10H,2-3,7-8,14H2,1H3,(H,16,17)(H,18,19). The Kier molecular flexibility index (Phi) is 5.95. The maximum Gasteiger partial charge on any atom is 0.335 e. The molecule has 6 heteroatoms. The first kappa shape index (κ1) is 15.1. The van der Waals surface area contributed by atoms with Crippen LogP contribution in [0.5, 0.6) is 0 Å². The average molecular weight is 265 g/mol. The van der Waals surface area contributed by atoms with Crippen LogP contribution < -0.4 is 11.1 Å². The van der Waals surface area contributed by atoms with Gasteiger partial charge in [0.2, 0.25) is 5.91 Å². The van der Waals surface area contributed by atoms with Crippen LogP contribution in [0.4, 0.5) is 0 Å². The number of aromatic nitrogens is 1. The molecule has 0 saturated heterocycles. The summed E-state index contributed by atoms with van der Waals surface area (Å²) in [5.74, 6) is -1.16. The van der Waals surface area contributed by atoms with E-state index in [0.717, 1.165) is 12.8 Å². The van der Waals surface area contributed by atoms with E-state index in [1.807, 2.05) is 6.92 Å². The Bertz CT molecular complexity index is 449. The summed E-state index contributed by atoms with van der Waals surface area (Å²) in [5, 5.41) is 11.5. The van der Waals surface area contributed by atoms with Gasteiger partial charge in [0.1, 0.15) is 0 Å². The van der Waals surface area contributed by atoms with Gasteiger partial charge in [0.15, 0.2) is 0 Å². The third kappa shape index (κ3) is 5.48. The van der Waals surface area contributed by atoms with Gasteiger partial charge in [-0.15, -0.1) is 0 Å². The van der Waals surface area contributed by atoms with Crippen LogP contribution >= 0.6 is 0 Å². The molecule has 19 heavy (non-hydrogen) atoms. The number of rotatable bonds is 7. The second-order valence-electron chi connectivity index (χ2n) is 4.37. The summed E-state index contributed by atoms with van der Waals surface area (Å²) >= 11 is 0. The Morgan fingerprint density at radius 3 is 2.89 bits per heavy atom. The molecular formula is C13H19N3O3. The van der Waals surface area contributed by atoms with Crippen LogP contribution in [0.15, 0.2) is 18.3 Å². The Morgan fingerprint density at radius 2 is 2.26 bits per heavy atom. The van der Waals surface area contributed by atoms with E-state index >= 15 is 0 Å². The van der Waals surface area contributed by atoms with Crippen LogP contribution in [0.3, 0.4) is 0 Å². The van der Waals surface area contributed by atoms with Gasteiger partial charge in [0.05, 0.1) is 17.8 Å². The molecule has 0 saturated carbocycles. The summed E-state index contributed by atoms with van der Waals surface area (Å²) in [6.45, 7) is 2.22. The third-order valence-electron chi connectivity index (χ3n) is 2.64. The zero-order chi connectivity index (χ0) is 14.3. The first-order valence-corrected chi connectivity index (χ1v) is 6.23. The minimum Gasteiger partial charge on any atom is -0.478 e. The maximum absolute atomic E-state index is 11.6. The van der Waals surface area contributed by atoms with Gasteiger partial charge in [-0.05, 0) is 18.6 Å². The number of nitrogens with zero attached hydrogens (tertiary/aromatic N) is 1. The molecule has 1 aromatic rings. The summed E-state index contributed by atoms with van der Waals surface area (Å²) in [6.07, 6.45) is 3.43. The monoisotopic (exact) mass is 265 g/mol. The molecule has 1 rings (SSSR count). The van der Waals surface area contributed by atoms with Gasteiger partial charge in [-0.3, -0.25) is 9.78 Å². The topological polar surface area (TPSA) is 105 Å². The number of aromatic carboxylic acids is 1. The molecule has 0 radical (unpaired) electrons. The smallest absolute Gasteiger partial charge is 0.335 e. The van der Waals surface area contributed by atoms with Crippen molar-refractivity contribution in [3.8, 4) is 0 Å². The lowest BCUT2D eigenvalue weighted by Gasteiger charge is -2.10. The molecule has 0 fully saturated rings. The number of hydrogen-bond acceptors (Lipinski definition) is 4. The van der Waals surface area contributed by atoms with E-state index in [0.29, 0.717) is 5.69 Å². The molecule has 0 aliphatic heterocycles. The van der Waals surface area contributed by atoms with Gasteiger partial charge in [0, 0.05) is 18.7 Å². The number of carbonyl (C=O) groups excluding carboxylic acids is 1. The van der Waals surface area contributed by atoms with Crippen LogP contribution in [-0.4, -0.2) is 28.0 Å². The molecule has 1 heterocycles. The van der Waals surface area contributed by atoms with Crippen molar-refractivity contribution in [2.75, 3.05) is 0 Å². The van der Waals surface area contributed by atoms with E-state index < -0.39 is 5.97 Å². The summed E-state index contributed by atoms with van der Waals surface area (Å²) in [7, 11) is 0. The molecular weight excluding hydrogens is 246 g/mol. The van der Waals surface area contributed by atoms with Crippen molar-refractivity contribution in [1.82, 2.24) is 10.3 Å². The molecule has 1 amide bonds. The average Bonchev–Trinajstić information content (AvgIpc) is 2.37. The Labute approximate surface area is 112 Å². The second kappa shape index (κ2) is 7.48. The lowest BCUT2D eigenvalue weighted by molar-refractivity contribution is -0.121. The van der Waals surface area contributed by atoms with E-state index in [4.69, 9.17) is 10.8 Å². The summed E-state index contributed by atoms with van der Waals surface area (Å²) in [6, 6.07) is 2.71. The highest BCUT2D eigenvalue weighted by molar-refractivity contribution is 5.87.